The van der Waals surface area contributed by atoms with E-state index in [1.165, 1.54) is 6.08 Å². The van der Waals surface area contributed by atoms with Crippen molar-refractivity contribution in [3.8, 4) is 16.3 Å². The molecule has 0 atom stereocenters. The summed E-state index contributed by atoms with van der Waals surface area (Å²) in [5.41, 5.74) is 0.882. The minimum atomic E-state index is -0.915. The molecule has 0 saturated heterocycles. The molecular weight excluding hydrogens is 330 g/mol. The van der Waals surface area contributed by atoms with Gasteiger partial charge in [-0.15, -0.1) is 0 Å². The molecule has 1 aromatic carbocycles. The average molecular weight is 341 g/mol. The van der Waals surface area contributed by atoms with E-state index in [1.54, 1.807) is 6.20 Å². The highest BCUT2D eigenvalue weighted by Crippen LogP contribution is 2.22. The van der Waals surface area contributed by atoms with E-state index in [1.807, 2.05) is 35.3 Å². The Kier molecular flexibility index (Phi) is 4.21. The third-order valence-corrected chi connectivity index (χ3v) is 3.92. The Morgan fingerprint density at radius 3 is 2.67 bits per heavy atom. The van der Waals surface area contributed by atoms with Crippen LogP contribution in [0, 0.1) is 0 Å². The molecule has 120 valence electrons. The molecule has 0 aliphatic carbocycles. The maximum absolute atomic E-state index is 12.1. The molecule has 8 heteroatoms. The number of aromatic hydroxyl groups is 1. The van der Waals surface area contributed by atoms with Crippen LogP contribution in [0.2, 0.25) is 0 Å². The van der Waals surface area contributed by atoms with E-state index in [0.29, 0.717) is 16.9 Å². The number of carbonyl (C=O) groups excluding carboxylic acids is 1. The lowest BCUT2D eigenvalue weighted by molar-refractivity contribution is 0.104. The molecule has 0 fully saturated rings. The number of H-pyrrole nitrogens is 2. The fourth-order valence-electron chi connectivity index (χ4n) is 2.14. The van der Waals surface area contributed by atoms with Gasteiger partial charge in [-0.05, 0) is 23.5 Å². The van der Waals surface area contributed by atoms with Gasteiger partial charge in [0.25, 0.3) is 5.56 Å². The summed E-state index contributed by atoms with van der Waals surface area (Å²) in [6.45, 7) is 0. The van der Waals surface area contributed by atoms with Gasteiger partial charge in [0.05, 0.1) is 11.9 Å². The third-order valence-electron chi connectivity index (χ3n) is 3.24. The smallest absolute Gasteiger partial charge is 0.310 e. The highest BCUT2D eigenvalue weighted by atomic mass is 32.1. The van der Waals surface area contributed by atoms with Crippen LogP contribution in [0.25, 0.3) is 17.3 Å². The quantitative estimate of drug-likeness (QED) is 0.494. The van der Waals surface area contributed by atoms with Crippen molar-refractivity contribution in [3.63, 3.8) is 0 Å². The van der Waals surface area contributed by atoms with E-state index in [0.717, 1.165) is 17.3 Å². The van der Waals surface area contributed by atoms with E-state index in [-0.39, 0.29) is 0 Å². The Balaban J connectivity index is 1.93. The first kappa shape index (κ1) is 15.6. The Labute approximate surface area is 138 Å². The first-order chi connectivity index (χ1) is 11.6. The zero-order valence-corrected chi connectivity index (χ0v) is 13.0. The normalized spacial score (nSPS) is 11.0. The molecule has 0 saturated carbocycles. The second kappa shape index (κ2) is 6.47. The predicted molar refractivity (Wildman–Crippen MR) is 90.3 cm³/mol. The number of ketones is 1. The van der Waals surface area contributed by atoms with Crippen LogP contribution in [0.15, 0.2) is 52.2 Å². The maximum Gasteiger partial charge on any atom is 0.310 e. The topological polar surface area (TPSA) is 116 Å². The van der Waals surface area contributed by atoms with Crippen molar-refractivity contribution in [1.82, 2.24) is 15.2 Å². The molecule has 24 heavy (non-hydrogen) atoms. The number of aromatic nitrogens is 3. The lowest BCUT2D eigenvalue weighted by Gasteiger charge is -1.99. The summed E-state index contributed by atoms with van der Waals surface area (Å²) in [4.78, 5) is 36.2. The average Bonchev–Trinajstić information content (AvgIpc) is 3.01. The highest BCUT2D eigenvalue weighted by molar-refractivity contribution is 7.11. The molecule has 2 aromatic heterocycles. The zero-order valence-electron chi connectivity index (χ0n) is 12.1. The number of allylic oxidation sites excluding steroid dienone is 1. The molecule has 0 spiro atoms. The molecule has 0 radical (unpaired) electrons. The number of hydrogen-bond acceptors (Lipinski definition) is 6. The van der Waals surface area contributed by atoms with Gasteiger partial charge < -0.3 is 5.11 Å². The minimum Gasteiger partial charge on any atom is -0.499 e. The summed E-state index contributed by atoms with van der Waals surface area (Å²) in [5.74, 6) is -0.704. The monoisotopic (exact) mass is 341 g/mol. The number of nitrogens with zero attached hydrogens (tertiary/aromatic N) is 1. The van der Waals surface area contributed by atoms with Gasteiger partial charge in [-0.2, -0.15) is 5.10 Å². The first-order valence-electron chi connectivity index (χ1n) is 6.84. The first-order valence-corrected chi connectivity index (χ1v) is 7.65. The van der Waals surface area contributed by atoms with Crippen LogP contribution in [0.5, 0.6) is 5.06 Å². The molecule has 0 unspecified atom stereocenters. The SMILES string of the molecule is O=C(/C=C/c1cn[nH]c1-c1ccccc1)c1c(O)sc(=O)[nH]c1=O. The molecule has 3 aromatic rings. The van der Waals surface area contributed by atoms with Crippen LogP contribution in [-0.4, -0.2) is 26.1 Å². The standard InChI is InChI=1S/C16H11N3O4S/c20-11(12-14(21)18-16(23)24-15(12)22)7-6-10-8-17-19-13(10)9-4-2-1-3-5-9/h1-8,22H,(H,17,19)(H,18,21,23)/b7-6+. The Morgan fingerprint density at radius 2 is 1.96 bits per heavy atom. The van der Waals surface area contributed by atoms with Crippen molar-refractivity contribution in [2.24, 2.45) is 0 Å². The number of carbonyl (C=O) groups is 1. The van der Waals surface area contributed by atoms with Crippen molar-refractivity contribution in [2.45, 2.75) is 0 Å². The number of nitrogens with one attached hydrogen (secondary N) is 2. The lowest BCUT2D eigenvalue weighted by Crippen LogP contribution is -2.22. The van der Waals surface area contributed by atoms with Crippen molar-refractivity contribution in [3.05, 3.63) is 73.8 Å². The van der Waals surface area contributed by atoms with E-state index >= 15 is 0 Å². The summed E-state index contributed by atoms with van der Waals surface area (Å²) < 4.78 is 0. The molecule has 3 rings (SSSR count). The van der Waals surface area contributed by atoms with E-state index in [4.69, 9.17) is 0 Å². The highest BCUT2D eigenvalue weighted by Gasteiger charge is 2.15. The fraction of sp³-hybridized carbons (Fsp3) is 0. The van der Waals surface area contributed by atoms with Gasteiger partial charge in [-0.1, -0.05) is 30.3 Å². The number of aromatic amines is 2. The van der Waals surface area contributed by atoms with Crippen LogP contribution < -0.4 is 10.4 Å². The number of benzene rings is 1. The van der Waals surface area contributed by atoms with Crippen LogP contribution in [0.3, 0.4) is 0 Å². The van der Waals surface area contributed by atoms with Crippen molar-refractivity contribution >= 4 is 23.2 Å². The van der Waals surface area contributed by atoms with Crippen LogP contribution in [0.4, 0.5) is 0 Å². The van der Waals surface area contributed by atoms with Gasteiger partial charge in [0.1, 0.15) is 5.56 Å². The van der Waals surface area contributed by atoms with E-state index in [2.05, 4.69) is 10.2 Å². The molecule has 0 bridgehead atoms. The Hall–Kier alpha value is -3.26. The van der Waals surface area contributed by atoms with Crippen molar-refractivity contribution in [1.29, 1.82) is 0 Å². The van der Waals surface area contributed by atoms with Gasteiger partial charge in [-0.25, -0.2) is 0 Å². The van der Waals surface area contributed by atoms with E-state index in [9.17, 15) is 19.5 Å². The fourth-order valence-corrected chi connectivity index (χ4v) is 2.76. The Bertz CT molecular complexity index is 1030. The second-order valence-corrected chi connectivity index (χ2v) is 5.75. The van der Waals surface area contributed by atoms with E-state index < -0.39 is 26.8 Å². The summed E-state index contributed by atoms with van der Waals surface area (Å²) in [6.07, 6.45) is 4.18. The molecule has 0 amide bonds. The number of rotatable bonds is 4. The predicted octanol–water partition coefficient (Wildman–Crippen LogP) is 1.79. The molecule has 3 N–H and O–H groups in total. The van der Waals surface area contributed by atoms with Crippen molar-refractivity contribution < 1.29 is 9.90 Å². The van der Waals surface area contributed by atoms with Gasteiger partial charge in [-0.3, -0.25) is 24.5 Å². The van der Waals surface area contributed by atoms with Crippen LogP contribution >= 0.6 is 11.3 Å². The molecule has 0 aliphatic heterocycles. The Morgan fingerprint density at radius 1 is 1.21 bits per heavy atom. The van der Waals surface area contributed by atoms with Crippen molar-refractivity contribution in [2.75, 3.05) is 0 Å². The number of hydrogen-bond donors (Lipinski definition) is 3. The van der Waals surface area contributed by atoms with Gasteiger partial charge in [0, 0.05) is 11.1 Å². The minimum absolute atomic E-state index is 0.396. The van der Waals surface area contributed by atoms with Crippen LogP contribution in [-0.2, 0) is 0 Å². The van der Waals surface area contributed by atoms with Crippen LogP contribution in [0.1, 0.15) is 15.9 Å². The molecule has 2 heterocycles. The van der Waals surface area contributed by atoms with Gasteiger partial charge in [0.2, 0.25) is 0 Å². The van der Waals surface area contributed by atoms with Gasteiger partial charge in [0.15, 0.2) is 10.8 Å². The summed E-state index contributed by atoms with van der Waals surface area (Å²) in [5, 5.41) is 15.9. The molecule has 0 aliphatic rings. The second-order valence-electron chi connectivity index (χ2n) is 4.79. The summed E-state index contributed by atoms with van der Waals surface area (Å²) in [6, 6.07) is 9.40. The lowest BCUT2D eigenvalue weighted by atomic mass is 10.1. The maximum atomic E-state index is 12.1. The summed E-state index contributed by atoms with van der Waals surface area (Å²) >= 11 is 0.396. The van der Waals surface area contributed by atoms with Gasteiger partial charge >= 0.3 is 4.87 Å². The molecule has 7 nitrogen and oxygen atoms in total. The zero-order chi connectivity index (χ0) is 17.1. The third kappa shape index (κ3) is 3.08. The summed E-state index contributed by atoms with van der Waals surface area (Å²) in [7, 11) is 0. The molecular formula is C16H11N3O4S. The largest absolute Gasteiger partial charge is 0.499 e.